The first-order valence-corrected chi connectivity index (χ1v) is 7.39. The van der Waals surface area contributed by atoms with E-state index in [1.807, 2.05) is 6.92 Å². The monoisotopic (exact) mass is 330 g/mol. The molecule has 1 aliphatic rings. The summed E-state index contributed by atoms with van der Waals surface area (Å²) in [5.41, 5.74) is 6.11. The maximum Gasteiger partial charge on any atom is 0.240 e. The van der Waals surface area contributed by atoms with Crippen molar-refractivity contribution in [3.63, 3.8) is 0 Å². The number of hydrogen-bond acceptors (Lipinski definition) is 3. The second kappa shape index (κ2) is 7.79. The fourth-order valence-electron chi connectivity index (χ4n) is 2.79. The van der Waals surface area contributed by atoms with E-state index in [2.05, 4.69) is 5.32 Å². The van der Waals surface area contributed by atoms with Gasteiger partial charge in [-0.25, -0.2) is 4.39 Å². The molecule has 1 amide bonds. The van der Waals surface area contributed by atoms with Gasteiger partial charge in [0.1, 0.15) is 0 Å². The number of carbonyl (C=O) groups is 1. The van der Waals surface area contributed by atoms with Gasteiger partial charge in [0, 0.05) is 0 Å². The first-order valence-electron chi connectivity index (χ1n) is 7.39. The molecule has 1 aromatic carbocycles. The maximum atomic E-state index is 13.7. The van der Waals surface area contributed by atoms with E-state index in [9.17, 15) is 9.18 Å². The van der Waals surface area contributed by atoms with Crippen LogP contribution in [0.25, 0.3) is 0 Å². The topological polar surface area (TPSA) is 64.3 Å². The fraction of sp³-hybridized carbons (Fsp3) is 0.562. The average Bonchev–Trinajstić information content (AvgIpc) is 2.47. The Labute approximate surface area is 137 Å². The molecular weight excluding hydrogens is 307 g/mol. The predicted octanol–water partition coefficient (Wildman–Crippen LogP) is 3.09. The van der Waals surface area contributed by atoms with Gasteiger partial charge in [-0.1, -0.05) is 25.3 Å². The highest BCUT2D eigenvalue weighted by Gasteiger charge is 2.35. The van der Waals surface area contributed by atoms with E-state index in [1.165, 1.54) is 13.2 Å². The minimum Gasteiger partial charge on any atom is -0.494 e. The molecule has 3 N–H and O–H groups in total. The first kappa shape index (κ1) is 18.7. The maximum absolute atomic E-state index is 13.7. The third kappa shape index (κ3) is 4.11. The summed E-state index contributed by atoms with van der Waals surface area (Å²) < 4.78 is 18.6. The molecule has 1 aromatic rings. The highest BCUT2D eigenvalue weighted by molar-refractivity contribution is 5.86. The van der Waals surface area contributed by atoms with Gasteiger partial charge in [-0.3, -0.25) is 4.79 Å². The molecule has 0 aromatic heterocycles. The number of amides is 1. The van der Waals surface area contributed by atoms with Crippen molar-refractivity contribution in [2.24, 2.45) is 5.73 Å². The number of hydrogen-bond donors (Lipinski definition) is 2. The van der Waals surface area contributed by atoms with Gasteiger partial charge in [0.25, 0.3) is 0 Å². The SMILES string of the molecule is COc1ccc(C(C)NC(=O)C2(N)CCCCC2)cc1F.Cl. The molecule has 0 spiro atoms. The van der Waals surface area contributed by atoms with Crippen LogP contribution in [0.1, 0.15) is 50.6 Å². The van der Waals surface area contributed by atoms with E-state index in [0.717, 1.165) is 19.3 Å². The second-order valence-electron chi connectivity index (χ2n) is 5.81. The van der Waals surface area contributed by atoms with Crippen LogP contribution in [0.5, 0.6) is 5.75 Å². The molecule has 1 atom stereocenters. The van der Waals surface area contributed by atoms with E-state index in [-0.39, 0.29) is 30.1 Å². The van der Waals surface area contributed by atoms with E-state index >= 15 is 0 Å². The zero-order valence-electron chi connectivity index (χ0n) is 13.0. The minimum absolute atomic E-state index is 0. The number of nitrogens with one attached hydrogen (secondary N) is 1. The van der Waals surface area contributed by atoms with Crippen LogP contribution in [-0.4, -0.2) is 18.6 Å². The quantitative estimate of drug-likeness (QED) is 0.891. The van der Waals surface area contributed by atoms with Gasteiger partial charge in [-0.2, -0.15) is 0 Å². The Balaban J connectivity index is 0.00000242. The second-order valence-corrected chi connectivity index (χ2v) is 5.81. The van der Waals surface area contributed by atoms with Crippen molar-refractivity contribution in [1.29, 1.82) is 0 Å². The largest absolute Gasteiger partial charge is 0.494 e. The van der Waals surface area contributed by atoms with Crippen LogP contribution < -0.4 is 15.8 Å². The van der Waals surface area contributed by atoms with Crippen LogP contribution in [0.2, 0.25) is 0 Å². The molecule has 0 heterocycles. The fourth-order valence-corrected chi connectivity index (χ4v) is 2.79. The Morgan fingerprint density at radius 2 is 2.00 bits per heavy atom. The Morgan fingerprint density at radius 1 is 1.36 bits per heavy atom. The summed E-state index contributed by atoms with van der Waals surface area (Å²) in [4.78, 5) is 12.4. The van der Waals surface area contributed by atoms with Gasteiger partial charge in [-0.15, -0.1) is 12.4 Å². The number of halogens is 2. The van der Waals surface area contributed by atoms with Crippen molar-refractivity contribution in [3.05, 3.63) is 29.6 Å². The molecule has 0 saturated heterocycles. The summed E-state index contributed by atoms with van der Waals surface area (Å²) in [6, 6.07) is 4.40. The zero-order chi connectivity index (χ0) is 15.5. The van der Waals surface area contributed by atoms with Crippen LogP contribution in [0.15, 0.2) is 18.2 Å². The lowest BCUT2D eigenvalue weighted by Crippen LogP contribution is -2.55. The molecule has 4 nitrogen and oxygen atoms in total. The van der Waals surface area contributed by atoms with Gasteiger partial charge < -0.3 is 15.8 Å². The molecule has 1 aliphatic carbocycles. The van der Waals surface area contributed by atoms with Crippen LogP contribution in [0.4, 0.5) is 4.39 Å². The molecule has 1 unspecified atom stereocenters. The van der Waals surface area contributed by atoms with E-state index in [0.29, 0.717) is 18.4 Å². The van der Waals surface area contributed by atoms with Crippen molar-refractivity contribution in [2.45, 2.75) is 50.6 Å². The van der Waals surface area contributed by atoms with Crippen molar-refractivity contribution >= 4 is 18.3 Å². The minimum atomic E-state index is -0.780. The van der Waals surface area contributed by atoms with Crippen LogP contribution in [0.3, 0.4) is 0 Å². The smallest absolute Gasteiger partial charge is 0.240 e. The molecule has 1 saturated carbocycles. The molecule has 1 fully saturated rings. The first-order chi connectivity index (χ1) is 9.96. The third-order valence-electron chi connectivity index (χ3n) is 4.22. The van der Waals surface area contributed by atoms with Crippen molar-refractivity contribution in [2.75, 3.05) is 7.11 Å². The van der Waals surface area contributed by atoms with Gasteiger partial charge in [-0.05, 0) is 37.5 Å². The Hall–Kier alpha value is -1.33. The highest BCUT2D eigenvalue weighted by atomic mass is 35.5. The van der Waals surface area contributed by atoms with E-state index < -0.39 is 11.4 Å². The number of ether oxygens (including phenoxy) is 1. The summed E-state index contributed by atoms with van der Waals surface area (Å²) in [5.74, 6) is -0.387. The molecule has 0 bridgehead atoms. The van der Waals surface area contributed by atoms with Crippen molar-refractivity contribution in [3.8, 4) is 5.75 Å². The number of benzene rings is 1. The van der Waals surface area contributed by atoms with E-state index in [1.54, 1.807) is 12.1 Å². The molecule has 2 rings (SSSR count). The number of carbonyl (C=O) groups excluding carboxylic acids is 1. The van der Waals surface area contributed by atoms with Crippen LogP contribution >= 0.6 is 12.4 Å². The number of rotatable bonds is 4. The van der Waals surface area contributed by atoms with Gasteiger partial charge in [0.15, 0.2) is 11.6 Å². The molecule has 0 radical (unpaired) electrons. The van der Waals surface area contributed by atoms with Crippen molar-refractivity contribution < 1.29 is 13.9 Å². The van der Waals surface area contributed by atoms with E-state index in [4.69, 9.17) is 10.5 Å². The molecular formula is C16H24ClFN2O2. The van der Waals surface area contributed by atoms with Crippen LogP contribution in [0, 0.1) is 5.82 Å². The predicted molar refractivity (Wildman–Crippen MR) is 86.8 cm³/mol. The van der Waals surface area contributed by atoms with Gasteiger partial charge >= 0.3 is 0 Å². The number of nitrogens with two attached hydrogens (primary N) is 1. The molecule has 124 valence electrons. The molecule has 6 heteroatoms. The van der Waals surface area contributed by atoms with Gasteiger partial charge in [0.2, 0.25) is 5.91 Å². The lowest BCUT2D eigenvalue weighted by Gasteiger charge is -2.33. The Kier molecular flexibility index (Phi) is 6.63. The lowest BCUT2D eigenvalue weighted by atomic mass is 9.81. The summed E-state index contributed by atoms with van der Waals surface area (Å²) in [5, 5.41) is 2.90. The summed E-state index contributed by atoms with van der Waals surface area (Å²) in [6.45, 7) is 1.82. The Bertz CT molecular complexity index is 519. The summed E-state index contributed by atoms with van der Waals surface area (Å²) >= 11 is 0. The molecule has 0 aliphatic heterocycles. The Morgan fingerprint density at radius 3 is 2.55 bits per heavy atom. The summed E-state index contributed by atoms with van der Waals surface area (Å²) in [6.07, 6.45) is 4.52. The molecule has 22 heavy (non-hydrogen) atoms. The van der Waals surface area contributed by atoms with Crippen molar-refractivity contribution in [1.82, 2.24) is 5.32 Å². The standard InChI is InChI=1S/C16H23FN2O2.ClH/c1-11(12-6-7-14(21-2)13(17)10-12)19-15(20)16(18)8-4-3-5-9-16;/h6-7,10-11H,3-5,8-9,18H2,1-2H3,(H,19,20);1H. The highest BCUT2D eigenvalue weighted by Crippen LogP contribution is 2.27. The average molecular weight is 331 g/mol. The van der Waals surface area contributed by atoms with Gasteiger partial charge in [0.05, 0.1) is 18.7 Å². The lowest BCUT2D eigenvalue weighted by molar-refractivity contribution is -0.128. The summed E-state index contributed by atoms with van der Waals surface area (Å²) in [7, 11) is 1.42. The third-order valence-corrected chi connectivity index (χ3v) is 4.22. The van der Waals surface area contributed by atoms with Crippen LogP contribution in [-0.2, 0) is 4.79 Å². The zero-order valence-corrected chi connectivity index (χ0v) is 13.8. The number of methoxy groups -OCH3 is 1. The normalized spacial score (nSPS) is 18.0.